The van der Waals surface area contributed by atoms with Crippen molar-refractivity contribution in [1.29, 1.82) is 0 Å². The number of anilines is 2. The van der Waals surface area contributed by atoms with E-state index in [4.69, 9.17) is 4.74 Å². The monoisotopic (exact) mass is 248 g/mol. The molecule has 0 aromatic heterocycles. The molecule has 0 radical (unpaired) electrons. The van der Waals surface area contributed by atoms with E-state index >= 15 is 0 Å². The predicted molar refractivity (Wildman–Crippen MR) is 77.5 cm³/mol. The van der Waals surface area contributed by atoms with E-state index in [1.54, 1.807) is 0 Å². The minimum Gasteiger partial charge on any atom is -0.380 e. The van der Waals surface area contributed by atoms with Crippen LogP contribution in [0.25, 0.3) is 0 Å². The molecule has 100 valence electrons. The van der Waals surface area contributed by atoms with Gasteiger partial charge in [-0.05, 0) is 51.0 Å². The zero-order valence-electron chi connectivity index (χ0n) is 11.5. The highest BCUT2D eigenvalue weighted by Crippen LogP contribution is 2.19. The van der Waals surface area contributed by atoms with Crippen molar-refractivity contribution >= 4 is 11.4 Å². The van der Waals surface area contributed by atoms with Crippen LogP contribution in [0.2, 0.25) is 0 Å². The summed E-state index contributed by atoms with van der Waals surface area (Å²) in [6.07, 6.45) is 2.37. The lowest BCUT2D eigenvalue weighted by Gasteiger charge is -2.25. The van der Waals surface area contributed by atoms with Crippen LogP contribution in [0.4, 0.5) is 11.4 Å². The van der Waals surface area contributed by atoms with Crippen molar-refractivity contribution in [2.24, 2.45) is 0 Å². The zero-order valence-corrected chi connectivity index (χ0v) is 11.5. The average molecular weight is 248 g/mol. The highest BCUT2D eigenvalue weighted by atomic mass is 16.5. The topological polar surface area (TPSA) is 24.5 Å². The van der Waals surface area contributed by atoms with E-state index in [0.717, 1.165) is 32.7 Å². The summed E-state index contributed by atoms with van der Waals surface area (Å²) in [6, 6.07) is 9.20. The minimum absolute atomic E-state index is 0.470. The first-order valence-electron chi connectivity index (χ1n) is 7.02. The molecular formula is C15H24N2O. The number of hydrogen-bond donors (Lipinski definition) is 1. The summed E-state index contributed by atoms with van der Waals surface area (Å²) >= 11 is 0. The molecule has 3 nitrogen and oxygen atoms in total. The second-order valence-corrected chi connectivity index (χ2v) is 4.78. The van der Waals surface area contributed by atoms with Crippen molar-refractivity contribution in [2.45, 2.75) is 32.7 Å². The third-order valence-electron chi connectivity index (χ3n) is 3.53. The number of benzene rings is 1. The highest BCUT2D eigenvalue weighted by molar-refractivity contribution is 5.55. The van der Waals surface area contributed by atoms with E-state index in [0.29, 0.717) is 6.04 Å². The maximum atomic E-state index is 5.48. The van der Waals surface area contributed by atoms with Gasteiger partial charge < -0.3 is 15.0 Å². The Kier molecular flexibility index (Phi) is 4.88. The minimum atomic E-state index is 0.470. The normalized spacial score (nSPS) is 19.6. The lowest BCUT2D eigenvalue weighted by molar-refractivity contribution is 0.0876. The van der Waals surface area contributed by atoms with Crippen LogP contribution in [-0.4, -0.2) is 32.3 Å². The first-order valence-corrected chi connectivity index (χ1v) is 7.02. The second-order valence-electron chi connectivity index (χ2n) is 4.78. The van der Waals surface area contributed by atoms with Gasteiger partial charge in [0.25, 0.3) is 0 Å². The molecule has 0 amide bonds. The maximum absolute atomic E-state index is 5.48. The number of rotatable bonds is 5. The molecule has 3 heteroatoms. The van der Waals surface area contributed by atoms with E-state index in [-0.39, 0.29) is 0 Å². The fourth-order valence-electron chi connectivity index (χ4n) is 2.45. The molecule has 1 N–H and O–H groups in total. The maximum Gasteiger partial charge on any atom is 0.0667 e. The van der Waals surface area contributed by atoms with E-state index in [9.17, 15) is 0 Å². The molecule has 1 aliphatic rings. The summed E-state index contributed by atoms with van der Waals surface area (Å²) in [7, 11) is 0. The van der Waals surface area contributed by atoms with Crippen molar-refractivity contribution in [2.75, 3.05) is 36.5 Å². The van der Waals surface area contributed by atoms with E-state index in [2.05, 4.69) is 48.3 Å². The van der Waals surface area contributed by atoms with Gasteiger partial charge in [0, 0.05) is 37.1 Å². The molecule has 0 saturated carbocycles. The van der Waals surface area contributed by atoms with Crippen molar-refractivity contribution in [3.63, 3.8) is 0 Å². The van der Waals surface area contributed by atoms with Gasteiger partial charge in [0.05, 0.1) is 6.61 Å². The summed E-state index contributed by atoms with van der Waals surface area (Å²) in [5.74, 6) is 0. The van der Waals surface area contributed by atoms with Crippen LogP contribution in [0.1, 0.15) is 26.7 Å². The van der Waals surface area contributed by atoms with Crippen LogP contribution in [0, 0.1) is 0 Å². The lowest BCUT2D eigenvalue weighted by Crippen LogP contribution is -2.29. The molecule has 0 bridgehead atoms. The van der Waals surface area contributed by atoms with Gasteiger partial charge >= 0.3 is 0 Å². The van der Waals surface area contributed by atoms with Crippen LogP contribution in [0.5, 0.6) is 0 Å². The third kappa shape index (κ3) is 3.39. The fourth-order valence-corrected chi connectivity index (χ4v) is 2.45. The molecule has 1 aliphatic heterocycles. The smallest absolute Gasteiger partial charge is 0.0667 e. The van der Waals surface area contributed by atoms with Gasteiger partial charge in [0.15, 0.2) is 0 Å². The van der Waals surface area contributed by atoms with Crippen LogP contribution in [-0.2, 0) is 4.74 Å². The Morgan fingerprint density at radius 3 is 2.50 bits per heavy atom. The van der Waals surface area contributed by atoms with Gasteiger partial charge in [-0.25, -0.2) is 0 Å². The van der Waals surface area contributed by atoms with Crippen molar-refractivity contribution in [3.05, 3.63) is 24.3 Å². The number of ether oxygens (including phenoxy) is 1. The quantitative estimate of drug-likeness (QED) is 0.866. The Bertz CT molecular complexity index is 340. The SMILES string of the molecule is CCN(CC)c1ccc(NC2CCCOC2)cc1. The first kappa shape index (κ1) is 13.2. The molecule has 2 rings (SSSR count). The Labute approximate surface area is 110 Å². The summed E-state index contributed by atoms with van der Waals surface area (Å²) < 4.78 is 5.48. The molecule has 1 fully saturated rings. The molecule has 1 unspecified atom stereocenters. The Balaban J connectivity index is 1.94. The van der Waals surface area contributed by atoms with Crippen molar-refractivity contribution < 1.29 is 4.74 Å². The molecule has 0 spiro atoms. The fraction of sp³-hybridized carbons (Fsp3) is 0.600. The van der Waals surface area contributed by atoms with Crippen molar-refractivity contribution in [1.82, 2.24) is 0 Å². The van der Waals surface area contributed by atoms with E-state index < -0.39 is 0 Å². The molecule has 1 aromatic rings. The molecule has 1 atom stereocenters. The predicted octanol–water partition coefficient (Wildman–Crippen LogP) is 3.12. The number of nitrogens with zero attached hydrogens (tertiary/aromatic N) is 1. The summed E-state index contributed by atoms with van der Waals surface area (Å²) in [5, 5.41) is 3.54. The van der Waals surface area contributed by atoms with Crippen molar-refractivity contribution in [3.8, 4) is 0 Å². The molecular weight excluding hydrogens is 224 g/mol. The average Bonchev–Trinajstić information content (AvgIpc) is 2.43. The zero-order chi connectivity index (χ0) is 12.8. The van der Waals surface area contributed by atoms with Gasteiger partial charge in [0.2, 0.25) is 0 Å². The van der Waals surface area contributed by atoms with Gasteiger partial charge in [-0.3, -0.25) is 0 Å². The van der Waals surface area contributed by atoms with Gasteiger partial charge in [-0.2, -0.15) is 0 Å². The molecule has 1 saturated heterocycles. The van der Waals surface area contributed by atoms with E-state index in [1.807, 2.05) is 0 Å². The molecule has 1 aromatic carbocycles. The van der Waals surface area contributed by atoms with Gasteiger partial charge in [0.1, 0.15) is 0 Å². The van der Waals surface area contributed by atoms with Crippen LogP contribution in [0.15, 0.2) is 24.3 Å². The molecule has 18 heavy (non-hydrogen) atoms. The molecule has 0 aliphatic carbocycles. The van der Waals surface area contributed by atoms with Crippen LogP contribution >= 0.6 is 0 Å². The molecule has 1 heterocycles. The second kappa shape index (κ2) is 6.64. The number of nitrogens with one attached hydrogen (secondary N) is 1. The van der Waals surface area contributed by atoms with Gasteiger partial charge in [-0.1, -0.05) is 0 Å². The summed E-state index contributed by atoms with van der Waals surface area (Å²) in [4.78, 5) is 2.35. The first-order chi connectivity index (χ1) is 8.83. The Hall–Kier alpha value is -1.22. The standard InChI is InChI=1S/C15H24N2O/c1-3-17(4-2)15-9-7-13(8-10-15)16-14-6-5-11-18-12-14/h7-10,14,16H,3-6,11-12H2,1-2H3. The number of hydrogen-bond acceptors (Lipinski definition) is 3. The highest BCUT2D eigenvalue weighted by Gasteiger charge is 2.13. The Morgan fingerprint density at radius 2 is 1.94 bits per heavy atom. The summed E-state index contributed by atoms with van der Waals surface area (Å²) in [5.41, 5.74) is 2.49. The lowest BCUT2D eigenvalue weighted by atomic mass is 10.1. The van der Waals surface area contributed by atoms with Crippen LogP contribution < -0.4 is 10.2 Å². The third-order valence-corrected chi connectivity index (χ3v) is 3.53. The Morgan fingerprint density at radius 1 is 1.22 bits per heavy atom. The van der Waals surface area contributed by atoms with Gasteiger partial charge in [-0.15, -0.1) is 0 Å². The largest absolute Gasteiger partial charge is 0.380 e. The van der Waals surface area contributed by atoms with E-state index in [1.165, 1.54) is 17.8 Å². The van der Waals surface area contributed by atoms with Crippen LogP contribution in [0.3, 0.4) is 0 Å². The summed E-state index contributed by atoms with van der Waals surface area (Å²) in [6.45, 7) is 8.24.